The quantitative estimate of drug-likeness (QED) is 0.532. The smallest absolute Gasteiger partial charge is 0.251 e. The minimum absolute atomic E-state index is 0.127. The molecule has 0 aliphatic carbocycles. The number of hydrogen-bond donors (Lipinski definition) is 3. The Morgan fingerprint density at radius 1 is 1.50 bits per heavy atom. The van der Waals surface area contributed by atoms with Crippen LogP contribution in [0, 0.1) is 0 Å². The summed E-state index contributed by atoms with van der Waals surface area (Å²) in [5, 5.41) is 5.69. The molecule has 0 unspecified atom stereocenters. The Kier molecular flexibility index (Phi) is 3.94. The number of nitrogens with two attached hydrogens (primary N) is 1. The minimum Gasteiger partial charge on any atom is -0.397 e. The third-order valence-corrected chi connectivity index (χ3v) is 2.12. The van der Waals surface area contributed by atoms with Crippen LogP contribution in [0.25, 0.3) is 0 Å². The van der Waals surface area contributed by atoms with E-state index in [1.807, 2.05) is 6.92 Å². The van der Waals surface area contributed by atoms with Crippen LogP contribution in [-0.2, 0) is 0 Å². The Labute approximate surface area is 95.5 Å². The summed E-state index contributed by atoms with van der Waals surface area (Å²) in [6.45, 7) is 6.35. The maximum atomic E-state index is 11.4. The fourth-order valence-electron chi connectivity index (χ4n) is 1.24. The zero-order chi connectivity index (χ0) is 12.1. The molecule has 0 atom stereocenters. The number of amides is 1. The zero-order valence-corrected chi connectivity index (χ0v) is 9.63. The van der Waals surface area contributed by atoms with Crippen molar-refractivity contribution in [2.45, 2.75) is 6.92 Å². The van der Waals surface area contributed by atoms with Gasteiger partial charge in [-0.3, -0.25) is 4.79 Å². The highest BCUT2D eigenvalue weighted by Crippen LogP contribution is 2.20. The normalized spacial score (nSPS) is 9.62. The van der Waals surface area contributed by atoms with Crippen molar-refractivity contribution in [3.8, 4) is 0 Å². The molecule has 0 heterocycles. The SMILES string of the molecule is C=C(C)CNc1cc(C(=O)NC)ccc1N. The van der Waals surface area contributed by atoms with Crippen LogP contribution in [0.5, 0.6) is 0 Å². The van der Waals surface area contributed by atoms with Gasteiger partial charge in [0.05, 0.1) is 11.4 Å². The maximum Gasteiger partial charge on any atom is 0.251 e. The van der Waals surface area contributed by atoms with Gasteiger partial charge in [-0.2, -0.15) is 0 Å². The number of hydrogen-bond acceptors (Lipinski definition) is 3. The summed E-state index contributed by atoms with van der Waals surface area (Å²) in [6.07, 6.45) is 0. The summed E-state index contributed by atoms with van der Waals surface area (Å²) < 4.78 is 0. The summed E-state index contributed by atoms with van der Waals surface area (Å²) in [4.78, 5) is 11.4. The molecular weight excluding hydrogens is 202 g/mol. The second kappa shape index (κ2) is 5.21. The lowest BCUT2D eigenvalue weighted by molar-refractivity contribution is 0.0963. The molecule has 0 bridgehead atoms. The van der Waals surface area contributed by atoms with Gasteiger partial charge in [-0.25, -0.2) is 0 Å². The van der Waals surface area contributed by atoms with Gasteiger partial charge in [0.1, 0.15) is 0 Å². The molecule has 0 aliphatic heterocycles. The molecule has 4 heteroatoms. The van der Waals surface area contributed by atoms with Crippen molar-refractivity contribution in [3.05, 3.63) is 35.9 Å². The molecule has 4 nitrogen and oxygen atoms in total. The zero-order valence-electron chi connectivity index (χ0n) is 9.63. The fourth-order valence-corrected chi connectivity index (χ4v) is 1.24. The highest BCUT2D eigenvalue weighted by atomic mass is 16.1. The minimum atomic E-state index is -0.127. The van der Waals surface area contributed by atoms with Gasteiger partial charge >= 0.3 is 0 Å². The van der Waals surface area contributed by atoms with Crippen LogP contribution in [0.15, 0.2) is 30.4 Å². The van der Waals surface area contributed by atoms with Gasteiger partial charge in [-0.05, 0) is 25.1 Å². The molecule has 0 aliphatic rings. The van der Waals surface area contributed by atoms with Gasteiger partial charge in [0.2, 0.25) is 0 Å². The molecule has 4 N–H and O–H groups in total. The van der Waals surface area contributed by atoms with E-state index in [1.54, 1.807) is 25.2 Å². The Bertz CT molecular complexity index is 413. The predicted octanol–water partition coefficient (Wildman–Crippen LogP) is 1.62. The lowest BCUT2D eigenvalue weighted by Crippen LogP contribution is -2.18. The molecule has 0 spiro atoms. The topological polar surface area (TPSA) is 67.2 Å². The van der Waals surface area contributed by atoms with Crippen molar-refractivity contribution in [1.82, 2.24) is 5.32 Å². The van der Waals surface area contributed by atoms with Crippen molar-refractivity contribution >= 4 is 17.3 Å². The van der Waals surface area contributed by atoms with Crippen LogP contribution >= 0.6 is 0 Å². The number of nitrogen functional groups attached to an aromatic ring is 1. The monoisotopic (exact) mass is 219 g/mol. The molecular formula is C12H17N3O. The first kappa shape index (κ1) is 12.1. The lowest BCUT2D eigenvalue weighted by atomic mass is 10.1. The van der Waals surface area contributed by atoms with Crippen LogP contribution in [0.2, 0.25) is 0 Å². The summed E-state index contributed by atoms with van der Waals surface area (Å²) in [6, 6.07) is 5.14. The van der Waals surface area contributed by atoms with Crippen molar-refractivity contribution in [1.29, 1.82) is 0 Å². The third-order valence-electron chi connectivity index (χ3n) is 2.12. The summed E-state index contributed by atoms with van der Waals surface area (Å²) in [5.41, 5.74) is 8.76. The Morgan fingerprint density at radius 3 is 2.75 bits per heavy atom. The fraction of sp³-hybridized carbons (Fsp3) is 0.250. The number of rotatable bonds is 4. The highest BCUT2D eigenvalue weighted by molar-refractivity contribution is 5.96. The van der Waals surface area contributed by atoms with Gasteiger partial charge < -0.3 is 16.4 Å². The number of carbonyl (C=O) groups is 1. The first-order chi connectivity index (χ1) is 7.54. The number of benzene rings is 1. The summed E-state index contributed by atoms with van der Waals surface area (Å²) >= 11 is 0. The highest BCUT2D eigenvalue weighted by Gasteiger charge is 2.06. The molecule has 1 amide bonds. The molecule has 1 aromatic carbocycles. The molecule has 0 radical (unpaired) electrons. The molecule has 16 heavy (non-hydrogen) atoms. The Balaban J connectivity index is 2.90. The largest absolute Gasteiger partial charge is 0.397 e. The van der Waals surface area contributed by atoms with Crippen molar-refractivity contribution in [3.63, 3.8) is 0 Å². The first-order valence-electron chi connectivity index (χ1n) is 5.04. The van der Waals surface area contributed by atoms with Crippen molar-refractivity contribution < 1.29 is 4.79 Å². The van der Waals surface area contributed by atoms with Crippen LogP contribution < -0.4 is 16.4 Å². The summed E-state index contributed by atoms with van der Waals surface area (Å²) in [5.74, 6) is -0.127. The molecule has 0 saturated carbocycles. The predicted molar refractivity (Wildman–Crippen MR) is 67.5 cm³/mol. The first-order valence-corrected chi connectivity index (χ1v) is 5.04. The van der Waals surface area contributed by atoms with Gasteiger partial charge in [-0.1, -0.05) is 12.2 Å². The molecule has 0 fully saturated rings. The molecule has 0 saturated heterocycles. The molecule has 86 valence electrons. The number of anilines is 2. The number of carbonyl (C=O) groups excluding carboxylic acids is 1. The second-order valence-electron chi connectivity index (χ2n) is 3.69. The molecule has 0 aromatic heterocycles. The summed E-state index contributed by atoms with van der Waals surface area (Å²) in [7, 11) is 1.60. The average Bonchev–Trinajstić information content (AvgIpc) is 2.26. The van der Waals surface area contributed by atoms with E-state index in [2.05, 4.69) is 17.2 Å². The maximum absolute atomic E-state index is 11.4. The Morgan fingerprint density at radius 2 is 2.19 bits per heavy atom. The molecule has 1 rings (SSSR count). The van der Waals surface area contributed by atoms with E-state index in [4.69, 9.17) is 5.73 Å². The van der Waals surface area contributed by atoms with E-state index in [0.29, 0.717) is 17.8 Å². The van der Waals surface area contributed by atoms with E-state index < -0.39 is 0 Å². The average molecular weight is 219 g/mol. The van der Waals surface area contributed by atoms with Crippen LogP contribution in [0.3, 0.4) is 0 Å². The van der Waals surface area contributed by atoms with E-state index in [0.717, 1.165) is 11.3 Å². The second-order valence-corrected chi connectivity index (χ2v) is 3.69. The third kappa shape index (κ3) is 3.02. The van der Waals surface area contributed by atoms with Gasteiger partial charge in [0, 0.05) is 19.2 Å². The van der Waals surface area contributed by atoms with Crippen molar-refractivity contribution in [2.75, 3.05) is 24.6 Å². The van der Waals surface area contributed by atoms with Crippen LogP contribution in [0.4, 0.5) is 11.4 Å². The van der Waals surface area contributed by atoms with E-state index in [-0.39, 0.29) is 5.91 Å². The van der Waals surface area contributed by atoms with E-state index >= 15 is 0 Å². The standard InChI is InChI=1S/C12H17N3O/c1-8(2)7-15-11-6-9(12(16)14-3)4-5-10(11)13/h4-6,15H,1,7,13H2,2-3H3,(H,14,16). The Hall–Kier alpha value is -1.97. The number of nitrogens with one attached hydrogen (secondary N) is 2. The van der Waals surface area contributed by atoms with Gasteiger partial charge in [-0.15, -0.1) is 0 Å². The lowest BCUT2D eigenvalue weighted by Gasteiger charge is -2.10. The van der Waals surface area contributed by atoms with E-state index in [1.165, 1.54) is 0 Å². The van der Waals surface area contributed by atoms with Crippen LogP contribution in [0.1, 0.15) is 17.3 Å². The van der Waals surface area contributed by atoms with Gasteiger partial charge in [0.25, 0.3) is 5.91 Å². The van der Waals surface area contributed by atoms with Crippen LogP contribution in [-0.4, -0.2) is 19.5 Å². The van der Waals surface area contributed by atoms with Gasteiger partial charge in [0.15, 0.2) is 0 Å². The van der Waals surface area contributed by atoms with Crippen molar-refractivity contribution in [2.24, 2.45) is 0 Å². The molecule has 1 aromatic rings. The van der Waals surface area contributed by atoms with E-state index in [9.17, 15) is 4.79 Å².